The number of nitrogens with zero attached hydrogens (tertiary/aromatic N) is 2. The van der Waals surface area contributed by atoms with Gasteiger partial charge in [-0.05, 0) is 43.2 Å². The summed E-state index contributed by atoms with van der Waals surface area (Å²) in [4.78, 5) is 14.7. The fourth-order valence-corrected chi connectivity index (χ4v) is 5.54. The average Bonchev–Trinajstić information content (AvgIpc) is 2.72. The van der Waals surface area contributed by atoms with Crippen molar-refractivity contribution in [1.82, 2.24) is 4.57 Å². The minimum Gasteiger partial charge on any atom is -0.378 e. The van der Waals surface area contributed by atoms with Crippen LogP contribution < -0.4 is 10.3 Å². The Balaban J connectivity index is 1.92. The molecule has 0 saturated carbocycles. The molecule has 158 valence electrons. The van der Waals surface area contributed by atoms with Gasteiger partial charge in [0.25, 0.3) is 0 Å². The Bertz CT molecular complexity index is 1310. The fraction of sp³-hybridized carbons (Fsp3) is 0.318. The molecule has 1 fully saturated rings. The molecular formula is C22H23FN2O4S. The smallest absolute Gasteiger partial charge is 0.212 e. The van der Waals surface area contributed by atoms with Crippen LogP contribution in [0.5, 0.6) is 0 Å². The monoisotopic (exact) mass is 430 g/mol. The highest BCUT2D eigenvalue weighted by Gasteiger charge is 2.26. The van der Waals surface area contributed by atoms with Crippen LogP contribution in [-0.2, 0) is 21.6 Å². The van der Waals surface area contributed by atoms with Crippen LogP contribution in [0.1, 0.15) is 11.1 Å². The van der Waals surface area contributed by atoms with E-state index in [-0.39, 0.29) is 15.2 Å². The van der Waals surface area contributed by atoms with E-state index < -0.39 is 21.1 Å². The molecule has 1 saturated heterocycles. The van der Waals surface area contributed by atoms with Crippen molar-refractivity contribution in [3.63, 3.8) is 0 Å². The molecule has 30 heavy (non-hydrogen) atoms. The zero-order valence-corrected chi connectivity index (χ0v) is 17.9. The summed E-state index contributed by atoms with van der Waals surface area (Å²) >= 11 is 0. The molecule has 0 N–H and O–H groups in total. The van der Waals surface area contributed by atoms with E-state index in [1.54, 1.807) is 43.7 Å². The number of ether oxygens (including phenoxy) is 1. The third-order valence-corrected chi connectivity index (χ3v) is 7.39. The molecule has 0 spiro atoms. The van der Waals surface area contributed by atoms with E-state index in [9.17, 15) is 17.6 Å². The van der Waals surface area contributed by atoms with Crippen molar-refractivity contribution in [2.24, 2.45) is 7.05 Å². The van der Waals surface area contributed by atoms with E-state index in [0.717, 1.165) is 11.6 Å². The average molecular weight is 431 g/mol. The first-order valence-corrected chi connectivity index (χ1v) is 11.2. The maximum atomic E-state index is 14.9. The minimum atomic E-state index is -4.06. The van der Waals surface area contributed by atoms with E-state index in [1.807, 2.05) is 11.0 Å². The molecule has 1 aliphatic rings. The lowest BCUT2D eigenvalue weighted by Crippen LogP contribution is -2.36. The summed E-state index contributed by atoms with van der Waals surface area (Å²) in [5.41, 5.74) is 1.49. The Morgan fingerprint density at radius 2 is 1.73 bits per heavy atom. The van der Waals surface area contributed by atoms with E-state index in [4.69, 9.17) is 4.74 Å². The van der Waals surface area contributed by atoms with Gasteiger partial charge in [-0.2, -0.15) is 0 Å². The SMILES string of the molecule is Cc1ccc(C)c(S(=O)(=O)c2cn(C)c3cc(N4CCOCC4)c(F)cc3c2=O)c1. The lowest BCUT2D eigenvalue weighted by molar-refractivity contribution is 0.122. The summed E-state index contributed by atoms with van der Waals surface area (Å²) in [6.45, 7) is 5.59. The van der Waals surface area contributed by atoms with E-state index in [1.165, 1.54) is 6.20 Å². The summed E-state index contributed by atoms with van der Waals surface area (Å²) in [6.07, 6.45) is 1.32. The maximum absolute atomic E-state index is 14.9. The van der Waals surface area contributed by atoms with Crippen LogP contribution in [0, 0.1) is 19.7 Å². The van der Waals surface area contributed by atoms with Crippen molar-refractivity contribution in [3.05, 3.63) is 63.7 Å². The number of benzene rings is 2. The van der Waals surface area contributed by atoms with E-state index in [0.29, 0.717) is 43.1 Å². The molecule has 0 aliphatic carbocycles. The topological polar surface area (TPSA) is 68.6 Å². The van der Waals surface area contributed by atoms with Gasteiger partial charge in [0, 0.05) is 26.3 Å². The molecule has 0 amide bonds. The highest BCUT2D eigenvalue weighted by molar-refractivity contribution is 7.91. The van der Waals surface area contributed by atoms with Crippen LogP contribution in [0.25, 0.3) is 10.9 Å². The Morgan fingerprint density at radius 3 is 2.43 bits per heavy atom. The number of hydrogen-bond donors (Lipinski definition) is 0. The molecule has 1 aromatic heterocycles. The highest BCUT2D eigenvalue weighted by Crippen LogP contribution is 2.28. The first-order chi connectivity index (χ1) is 14.2. The van der Waals surface area contributed by atoms with E-state index in [2.05, 4.69) is 0 Å². The first-order valence-electron chi connectivity index (χ1n) is 9.68. The molecule has 2 heterocycles. The molecule has 0 atom stereocenters. The number of sulfone groups is 1. The third kappa shape index (κ3) is 3.40. The molecule has 0 unspecified atom stereocenters. The molecule has 3 aromatic rings. The summed E-state index contributed by atoms with van der Waals surface area (Å²) in [7, 11) is -2.41. The van der Waals surface area contributed by atoms with Crippen molar-refractivity contribution in [2.75, 3.05) is 31.2 Å². The minimum absolute atomic E-state index is 0.0402. The van der Waals surface area contributed by atoms with Crippen molar-refractivity contribution in [3.8, 4) is 0 Å². The van der Waals surface area contributed by atoms with Gasteiger partial charge in [0.1, 0.15) is 10.7 Å². The van der Waals surface area contributed by atoms with Gasteiger partial charge in [-0.3, -0.25) is 4.79 Å². The second-order valence-corrected chi connectivity index (χ2v) is 9.51. The molecule has 1 aliphatic heterocycles. The Hall–Kier alpha value is -2.71. The molecule has 2 aromatic carbocycles. The number of rotatable bonds is 3. The normalized spacial score (nSPS) is 15.0. The van der Waals surface area contributed by atoms with Gasteiger partial charge in [0.15, 0.2) is 0 Å². The van der Waals surface area contributed by atoms with Gasteiger partial charge in [-0.25, -0.2) is 12.8 Å². The summed E-state index contributed by atoms with van der Waals surface area (Å²) in [6, 6.07) is 7.82. The van der Waals surface area contributed by atoms with Gasteiger partial charge < -0.3 is 14.2 Å². The van der Waals surface area contributed by atoms with Crippen LogP contribution in [0.3, 0.4) is 0 Å². The standard InChI is InChI=1S/C22H23FN2O4S/c1-14-4-5-15(2)20(10-14)30(27,28)21-13-24(3)18-12-19(25-6-8-29-9-7-25)17(23)11-16(18)22(21)26/h4-5,10-13H,6-9H2,1-3H3. The number of aromatic nitrogens is 1. The van der Waals surface area contributed by atoms with Crippen LogP contribution in [0.4, 0.5) is 10.1 Å². The van der Waals surface area contributed by atoms with Crippen LogP contribution in [-0.4, -0.2) is 39.3 Å². The quantitative estimate of drug-likeness (QED) is 0.639. The van der Waals surface area contributed by atoms with Crippen LogP contribution in [0.15, 0.2) is 51.1 Å². The molecule has 0 radical (unpaired) electrons. The molecule has 8 heteroatoms. The van der Waals surface area contributed by atoms with E-state index >= 15 is 0 Å². The maximum Gasteiger partial charge on any atom is 0.212 e. The number of aryl methyl sites for hydroxylation is 3. The number of fused-ring (bicyclic) bond motifs is 1. The molecule has 6 nitrogen and oxygen atoms in total. The highest BCUT2D eigenvalue weighted by atomic mass is 32.2. The molecule has 4 rings (SSSR count). The van der Waals surface area contributed by atoms with Gasteiger partial charge in [-0.1, -0.05) is 12.1 Å². The summed E-state index contributed by atoms with van der Waals surface area (Å²) < 4.78 is 48.4. The van der Waals surface area contributed by atoms with Gasteiger partial charge in [0.05, 0.1) is 34.7 Å². The fourth-order valence-electron chi connectivity index (χ4n) is 3.81. The Morgan fingerprint density at radius 1 is 1.03 bits per heavy atom. The number of halogens is 1. The van der Waals surface area contributed by atoms with Crippen molar-refractivity contribution in [1.29, 1.82) is 0 Å². The van der Waals surface area contributed by atoms with Crippen LogP contribution >= 0.6 is 0 Å². The Labute approximate surface area is 174 Å². The first kappa shape index (κ1) is 20.6. The summed E-state index contributed by atoms with van der Waals surface area (Å²) in [5, 5.41) is 0.0402. The van der Waals surface area contributed by atoms with Gasteiger partial charge >= 0.3 is 0 Å². The van der Waals surface area contributed by atoms with Crippen LogP contribution in [0.2, 0.25) is 0 Å². The lowest BCUT2D eigenvalue weighted by Gasteiger charge is -2.29. The lowest BCUT2D eigenvalue weighted by atomic mass is 10.1. The largest absolute Gasteiger partial charge is 0.378 e. The zero-order chi connectivity index (χ0) is 21.6. The molecule has 0 bridgehead atoms. The predicted octanol–water partition coefficient (Wildman–Crippen LogP) is 2.96. The molecular weight excluding hydrogens is 407 g/mol. The number of pyridine rings is 1. The van der Waals surface area contributed by atoms with Crippen molar-refractivity contribution >= 4 is 26.4 Å². The number of hydrogen-bond acceptors (Lipinski definition) is 5. The van der Waals surface area contributed by atoms with Gasteiger partial charge in [0.2, 0.25) is 15.3 Å². The second-order valence-electron chi connectivity index (χ2n) is 7.63. The zero-order valence-electron chi connectivity index (χ0n) is 17.1. The number of anilines is 1. The number of morpholine rings is 1. The van der Waals surface area contributed by atoms with Gasteiger partial charge in [-0.15, -0.1) is 0 Å². The van der Waals surface area contributed by atoms with Crippen molar-refractivity contribution < 1.29 is 17.5 Å². The third-order valence-electron chi connectivity index (χ3n) is 5.50. The summed E-state index contributed by atoms with van der Waals surface area (Å²) in [5.74, 6) is -0.553. The second kappa shape index (κ2) is 7.52. The Kier molecular flexibility index (Phi) is 5.15. The van der Waals surface area contributed by atoms with Crippen molar-refractivity contribution in [2.45, 2.75) is 23.6 Å². The predicted molar refractivity (Wildman–Crippen MR) is 114 cm³/mol.